The fourth-order valence-electron chi connectivity index (χ4n) is 4.60. The first kappa shape index (κ1) is 30.3. The molecule has 2 aliphatic carbocycles. The van der Waals surface area contributed by atoms with E-state index >= 15 is 0 Å². The van der Waals surface area contributed by atoms with E-state index in [2.05, 4.69) is 9.88 Å². The van der Waals surface area contributed by atoms with E-state index < -0.39 is 24.3 Å². The molecule has 3 aliphatic rings. The quantitative estimate of drug-likeness (QED) is 0.548. The molecule has 14 heteroatoms. The Morgan fingerprint density at radius 2 is 1.43 bits per heavy atom. The zero-order chi connectivity index (χ0) is 28.0. The summed E-state index contributed by atoms with van der Waals surface area (Å²) in [5.74, 6) is -2.82. The lowest BCUT2D eigenvalue weighted by Gasteiger charge is -2.38. The molecule has 1 saturated heterocycles. The number of nitrogens with zero attached hydrogens (tertiary/aromatic N) is 3. The maximum atomic E-state index is 13.0. The summed E-state index contributed by atoms with van der Waals surface area (Å²) >= 11 is 0. The first-order valence-corrected chi connectivity index (χ1v) is 11.6. The second-order valence-corrected chi connectivity index (χ2v) is 9.41. The first-order chi connectivity index (χ1) is 17.1. The van der Waals surface area contributed by atoms with Crippen LogP contribution in [0.1, 0.15) is 31.4 Å². The molecule has 2 unspecified atom stereocenters. The minimum absolute atomic E-state index is 0.249. The fraction of sp³-hybridized carbons (Fsp3) is 0.652. The van der Waals surface area contributed by atoms with Crippen molar-refractivity contribution in [1.82, 2.24) is 14.8 Å². The number of aromatic nitrogens is 1. The summed E-state index contributed by atoms with van der Waals surface area (Å²) in [6.45, 7) is 4.18. The number of carbonyl (C=O) groups excluding carboxylic acids is 1. The zero-order valence-corrected chi connectivity index (χ0v) is 20.0. The number of alkyl halides is 6. The van der Waals surface area contributed by atoms with Crippen molar-refractivity contribution in [2.45, 2.75) is 44.6 Å². The third-order valence-electron chi connectivity index (χ3n) is 6.39. The predicted octanol–water partition coefficient (Wildman–Crippen LogP) is 3.67. The summed E-state index contributed by atoms with van der Waals surface area (Å²) in [4.78, 5) is 39.7. The fourth-order valence-corrected chi connectivity index (χ4v) is 4.60. The number of amides is 1. The molecule has 208 valence electrons. The van der Waals surface area contributed by atoms with Gasteiger partial charge < -0.3 is 20.0 Å². The van der Waals surface area contributed by atoms with Gasteiger partial charge in [0, 0.05) is 38.8 Å². The summed E-state index contributed by atoms with van der Waals surface area (Å²) in [5.41, 5.74) is 0.974. The summed E-state index contributed by atoms with van der Waals surface area (Å²) in [5, 5.41) is 14.2. The summed E-state index contributed by atoms with van der Waals surface area (Å²) in [7, 11) is 1.94. The molecule has 1 aromatic heterocycles. The van der Waals surface area contributed by atoms with Crippen molar-refractivity contribution in [3.63, 3.8) is 0 Å². The highest BCUT2D eigenvalue weighted by Crippen LogP contribution is 2.44. The van der Waals surface area contributed by atoms with E-state index in [0.29, 0.717) is 24.3 Å². The number of hydrogen-bond donors (Lipinski definition) is 2. The number of halogens is 6. The van der Waals surface area contributed by atoms with E-state index in [1.165, 1.54) is 32.2 Å². The van der Waals surface area contributed by atoms with Crippen molar-refractivity contribution in [2.75, 3.05) is 26.7 Å². The van der Waals surface area contributed by atoms with Crippen LogP contribution in [0.5, 0.6) is 0 Å². The van der Waals surface area contributed by atoms with Gasteiger partial charge in [-0.15, -0.1) is 0 Å². The molecular weight excluding hydrogens is 512 g/mol. The van der Waals surface area contributed by atoms with Crippen LogP contribution in [-0.2, 0) is 20.9 Å². The van der Waals surface area contributed by atoms with Crippen LogP contribution in [0, 0.1) is 23.7 Å². The van der Waals surface area contributed by atoms with Crippen LogP contribution < -0.4 is 0 Å². The normalized spacial score (nSPS) is 23.2. The van der Waals surface area contributed by atoms with Gasteiger partial charge in [0.15, 0.2) is 0 Å². The molecule has 3 fully saturated rings. The van der Waals surface area contributed by atoms with Gasteiger partial charge in [0.25, 0.3) is 0 Å². The van der Waals surface area contributed by atoms with E-state index in [1.54, 1.807) is 6.20 Å². The molecule has 2 N–H and O–H groups in total. The molecular formula is C23H29F6N3O5. The number of aliphatic carboxylic acids is 2. The Labute approximate surface area is 209 Å². The van der Waals surface area contributed by atoms with Gasteiger partial charge >= 0.3 is 24.3 Å². The van der Waals surface area contributed by atoms with Crippen LogP contribution in [0.25, 0.3) is 0 Å². The average Bonchev–Trinajstić information content (AvgIpc) is 3.56. The van der Waals surface area contributed by atoms with E-state index in [-0.39, 0.29) is 5.92 Å². The summed E-state index contributed by atoms with van der Waals surface area (Å²) < 4.78 is 63.5. The molecule has 1 aromatic rings. The Balaban J connectivity index is 0.000000286. The number of pyridine rings is 1. The van der Waals surface area contributed by atoms with Gasteiger partial charge in [-0.2, -0.15) is 26.3 Å². The molecule has 4 rings (SSSR count). The van der Waals surface area contributed by atoms with Gasteiger partial charge in [-0.3, -0.25) is 9.78 Å². The van der Waals surface area contributed by atoms with Gasteiger partial charge in [-0.05, 0) is 55.6 Å². The molecule has 2 heterocycles. The molecule has 0 radical (unpaired) electrons. The maximum Gasteiger partial charge on any atom is 0.490 e. The lowest BCUT2D eigenvalue weighted by Crippen LogP contribution is -2.48. The van der Waals surface area contributed by atoms with Gasteiger partial charge in [-0.1, -0.05) is 6.07 Å². The van der Waals surface area contributed by atoms with Crippen molar-refractivity contribution < 1.29 is 50.9 Å². The van der Waals surface area contributed by atoms with Gasteiger partial charge in [0.1, 0.15) is 0 Å². The second kappa shape index (κ2) is 12.6. The van der Waals surface area contributed by atoms with Crippen molar-refractivity contribution in [3.05, 3.63) is 30.1 Å². The summed E-state index contributed by atoms with van der Waals surface area (Å²) in [6, 6.07) is 5.90. The topological polar surface area (TPSA) is 111 Å². The molecule has 1 amide bonds. The Bertz CT molecular complexity index is 886. The Hall–Kier alpha value is -2.90. The monoisotopic (exact) mass is 541 g/mol. The Kier molecular flexibility index (Phi) is 10.3. The third kappa shape index (κ3) is 9.82. The first-order valence-electron chi connectivity index (χ1n) is 11.6. The van der Waals surface area contributed by atoms with E-state index in [1.807, 2.05) is 30.1 Å². The predicted molar refractivity (Wildman–Crippen MR) is 117 cm³/mol. The number of rotatable bonds is 5. The zero-order valence-electron chi connectivity index (χ0n) is 20.0. The molecule has 0 spiro atoms. The number of carbonyl (C=O) groups is 3. The van der Waals surface area contributed by atoms with Crippen LogP contribution in [-0.4, -0.2) is 81.9 Å². The number of carboxylic acid groups (broad SMARTS) is 2. The molecule has 1 aliphatic heterocycles. The number of likely N-dealkylation sites (tertiary alicyclic amines) is 1. The standard InChI is InChI=1S/C19H27N3O.2C2HF3O2/c1-21(13-17-4-2-3-9-20-17)19(23)18-15-7-8-16(18)12-22(11-15)10-14-5-6-14;2*3-2(4,5)1(6)7/h2-4,9,14-16,18H,5-8,10-13H2,1H3;2*(H,6,7). The minimum atomic E-state index is -5.08. The average molecular weight is 541 g/mol. The number of fused-ring (bicyclic) bond motifs is 2. The van der Waals surface area contributed by atoms with Crippen LogP contribution in [0.4, 0.5) is 26.3 Å². The van der Waals surface area contributed by atoms with Crippen molar-refractivity contribution in [3.8, 4) is 0 Å². The van der Waals surface area contributed by atoms with Crippen molar-refractivity contribution >= 4 is 17.8 Å². The van der Waals surface area contributed by atoms with E-state index in [0.717, 1.165) is 24.7 Å². The molecule has 2 atom stereocenters. The SMILES string of the molecule is CN(Cc1ccccn1)C(=O)C1C2CCC1CN(CC1CC1)C2.O=C(O)C(F)(F)F.O=C(O)C(F)(F)F. The van der Waals surface area contributed by atoms with Crippen LogP contribution in [0.15, 0.2) is 24.4 Å². The van der Waals surface area contributed by atoms with Crippen LogP contribution in [0.3, 0.4) is 0 Å². The van der Waals surface area contributed by atoms with Crippen molar-refractivity contribution in [1.29, 1.82) is 0 Å². The lowest BCUT2D eigenvalue weighted by atomic mass is 9.84. The molecule has 8 nitrogen and oxygen atoms in total. The van der Waals surface area contributed by atoms with E-state index in [4.69, 9.17) is 19.8 Å². The second-order valence-electron chi connectivity index (χ2n) is 9.41. The van der Waals surface area contributed by atoms with Gasteiger partial charge in [-0.25, -0.2) is 9.59 Å². The molecule has 37 heavy (non-hydrogen) atoms. The highest BCUT2D eigenvalue weighted by atomic mass is 19.4. The number of piperidine rings is 1. The summed E-state index contributed by atoms with van der Waals surface area (Å²) in [6.07, 6.45) is -3.06. The Morgan fingerprint density at radius 1 is 0.946 bits per heavy atom. The maximum absolute atomic E-state index is 13.0. The van der Waals surface area contributed by atoms with Crippen LogP contribution >= 0.6 is 0 Å². The molecule has 2 bridgehead atoms. The van der Waals surface area contributed by atoms with Crippen molar-refractivity contribution in [2.24, 2.45) is 23.7 Å². The highest BCUT2D eigenvalue weighted by molar-refractivity contribution is 5.79. The third-order valence-corrected chi connectivity index (χ3v) is 6.39. The number of carboxylic acids is 2. The largest absolute Gasteiger partial charge is 0.490 e. The molecule has 0 aromatic carbocycles. The van der Waals surface area contributed by atoms with Gasteiger partial charge in [0.05, 0.1) is 12.2 Å². The smallest absolute Gasteiger partial charge is 0.475 e. The number of hydrogen-bond acceptors (Lipinski definition) is 5. The van der Waals surface area contributed by atoms with Gasteiger partial charge in [0.2, 0.25) is 5.91 Å². The van der Waals surface area contributed by atoms with Crippen LogP contribution in [0.2, 0.25) is 0 Å². The lowest BCUT2D eigenvalue weighted by molar-refractivity contribution is -0.193. The highest BCUT2D eigenvalue weighted by Gasteiger charge is 2.47. The molecule has 2 saturated carbocycles. The van der Waals surface area contributed by atoms with E-state index in [9.17, 15) is 31.1 Å². The minimum Gasteiger partial charge on any atom is -0.475 e. The Morgan fingerprint density at radius 3 is 1.81 bits per heavy atom.